The molecule has 1 aromatic heterocycles. The molecule has 1 heterocycles. The molecule has 0 unspecified atom stereocenters. The first-order valence-electron chi connectivity index (χ1n) is 8.78. The van der Waals surface area contributed by atoms with Crippen LogP contribution in [0.3, 0.4) is 0 Å². The summed E-state index contributed by atoms with van der Waals surface area (Å²) in [6.07, 6.45) is 0.825. The Morgan fingerprint density at radius 3 is 2.31 bits per heavy atom. The molecule has 3 rings (SSSR count). The van der Waals surface area contributed by atoms with Crippen molar-refractivity contribution in [2.24, 2.45) is 0 Å². The Balaban J connectivity index is 2.05. The number of fused-ring (bicyclic) bond motifs is 1. The number of nitrogens with zero attached hydrogens (tertiary/aromatic N) is 2. The average molecular weight is 349 g/mol. The number of hydrogen-bond donors (Lipinski definition) is 1. The van der Waals surface area contributed by atoms with Crippen LogP contribution in [0.15, 0.2) is 36.4 Å². The molecular formula is C21H23N3O2. The van der Waals surface area contributed by atoms with Crippen molar-refractivity contribution in [3.63, 3.8) is 0 Å². The lowest BCUT2D eigenvalue weighted by Crippen LogP contribution is -2.17. The first kappa shape index (κ1) is 17.9. The second kappa shape index (κ2) is 7.52. The number of hydrogen-bond acceptors (Lipinski definition) is 4. The number of anilines is 1. The van der Waals surface area contributed by atoms with Crippen LogP contribution in [-0.2, 0) is 0 Å². The van der Waals surface area contributed by atoms with Crippen LogP contribution in [0.5, 0.6) is 5.88 Å². The van der Waals surface area contributed by atoms with E-state index < -0.39 is 0 Å². The molecule has 0 atom stereocenters. The van der Waals surface area contributed by atoms with Crippen LogP contribution in [0.25, 0.3) is 11.0 Å². The summed E-state index contributed by atoms with van der Waals surface area (Å²) in [4.78, 5) is 22.0. The molecule has 5 nitrogen and oxygen atoms in total. The van der Waals surface area contributed by atoms with Crippen LogP contribution in [0.1, 0.15) is 40.5 Å². The highest BCUT2D eigenvalue weighted by molar-refractivity contribution is 6.05. The quantitative estimate of drug-likeness (QED) is 0.731. The molecule has 2 aromatic carbocycles. The maximum atomic E-state index is 12.9. The molecule has 0 radical (unpaired) electrons. The number of amides is 1. The predicted molar refractivity (Wildman–Crippen MR) is 104 cm³/mol. The number of nitrogens with one attached hydrogen (secondary N) is 1. The molecule has 0 aliphatic heterocycles. The third-order valence-electron chi connectivity index (χ3n) is 4.30. The van der Waals surface area contributed by atoms with Gasteiger partial charge in [-0.05, 0) is 62.1 Å². The number of ether oxygens (including phenoxy) is 1. The van der Waals surface area contributed by atoms with Crippen LogP contribution in [0.4, 0.5) is 5.69 Å². The van der Waals surface area contributed by atoms with E-state index in [9.17, 15) is 4.79 Å². The van der Waals surface area contributed by atoms with E-state index in [0.717, 1.165) is 34.3 Å². The Bertz CT molecular complexity index is 967. The number of carbonyl (C=O) groups excluding carboxylic acids is 1. The highest BCUT2D eigenvalue weighted by atomic mass is 16.5. The van der Waals surface area contributed by atoms with Crippen LogP contribution in [-0.4, -0.2) is 22.5 Å². The topological polar surface area (TPSA) is 64.1 Å². The van der Waals surface area contributed by atoms with Gasteiger partial charge in [0.2, 0.25) is 5.88 Å². The molecule has 1 amide bonds. The van der Waals surface area contributed by atoms with Crippen LogP contribution in [0, 0.1) is 20.8 Å². The van der Waals surface area contributed by atoms with E-state index in [0.29, 0.717) is 12.1 Å². The minimum absolute atomic E-state index is 0.206. The molecule has 0 bridgehead atoms. The van der Waals surface area contributed by atoms with E-state index in [1.54, 1.807) is 0 Å². The summed E-state index contributed by atoms with van der Waals surface area (Å²) in [5.74, 6) is -0.0493. The number of rotatable bonds is 5. The number of benzene rings is 2. The fraction of sp³-hybridized carbons (Fsp3) is 0.286. The van der Waals surface area contributed by atoms with Gasteiger partial charge >= 0.3 is 0 Å². The van der Waals surface area contributed by atoms with Crippen LogP contribution in [0.2, 0.25) is 0 Å². The van der Waals surface area contributed by atoms with Crippen molar-refractivity contribution in [1.29, 1.82) is 0 Å². The fourth-order valence-electron chi connectivity index (χ4n) is 2.64. The molecule has 5 heteroatoms. The van der Waals surface area contributed by atoms with Crippen molar-refractivity contribution in [3.8, 4) is 5.88 Å². The molecule has 3 aromatic rings. The molecule has 0 aliphatic rings. The summed E-state index contributed by atoms with van der Waals surface area (Å²) in [5.41, 5.74) is 5.60. The summed E-state index contributed by atoms with van der Waals surface area (Å²) in [6.45, 7) is 8.49. The zero-order valence-electron chi connectivity index (χ0n) is 15.6. The number of aromatic nitrogens is 2. The van der Waals surface area contributed by atoms with Gasteiger partial charge < -0.3 is 10.1 Å². The summed E-state index contributed by atoms with van der Waals surface area (Å²) in [5, 5.41) is 2.91. The molecule has 134 valence electrons. The van der Waals surface area contributed by atoms with Crippen molar-refractivity contribution >= 4 is 22.6 Å². The molecule has 26 heavy (non-hydrogen) atoms. The van der Waals surface area contributed by atoms with E-state index in [1.807, 2.05) is 64.1 Å². The van der Waals surface area contributed by atoms with Gasteiger partial charge in [0.25, 0.3) is 5.91 Å². The minimum Gasteiger partial charge on any atom is -0.476 e. The lowest BCUT2D eigenvalue weighted by molar-refractivity contribution is 0.101. The fourth-order valence-corrected chi connectivity index (χ4v) is 2.64. The average Bonchev–Trinajstić information content (AvgIpc) is 2.62. The summed E-state index contributed by atoms with van der Waals surface area (Å²) in [6, 6.07) is 11.5. The maximum Gasteiger partial charge on any atom is 0.279 e. The molecular weight excluding hydrogens is 326 g/mol. The molecule has 0 saturated carbocycles. The lowest BCUT2D eigenvalue weighted by atomic mass is 10.1. The van der Waals surface area contributed by atoms with Gasteiger partial charge in [0.15, 0.2) is 5.69 Å². The van der Waals surface area contributed by atoms with Gasteiger partial charge in [-0.3, -0.25) is 4.79 Å². The van der Waals surface area contributed by atoms with Gasteiger partial charge in [-0.15, -0.1) is 0 Å². The van der Waals surface area contributed by atoms with Crippen molar-refractivity contribution in [2.45, 2.75) is 34.1 Å². The molecule has 1 N–H and O–H groups in total. The Morgan fingerprint density at radius 2 is 1.65 bits per heavy atom. The number of para-hydroxylation sites is 1. The standard InChI is InChI=1S/C21H23N3O2/c1-5-10-26-21-19(20(25)23-16-9-7-6-8-13(16)2)22-17-11-14(3)15(4)12-18(17)24-21/h6-9,11-12H,5,10H2,1-4H3,(H,23,25). The van der Waals surface area contributed by atoms with Crippen LogP contribution < -0.4 is 10.1 Å². The van der Waals surface area contributed by atoms with Crippen LogP contribution >= 0.6 is 0 Å². The zero-order valence-corrected chi connectivity index (χ0v) is 15.6. The largest absolute Gasteiger partial charge is 0.476 e. The second-order valence-electron chi connectivity index (χ2n) is 6.42. The first-order valence-corrected chi connectivity index (χ1v) is 8.78. The number of aryl methyl sites for hydroxylation is 3. The Hall–Kier alpha value is -2.95. The maximum absolute atomic E-state index is 12.9. The summed E-state index contributed by atoms with van der Waals surface area (Å²) in [7, 11) is 0. The van der Waals surface area contributed by atoms with Gasteiger partial charge in [-0.25, -0.2) is 9.97 Å². The van der Waals surface area contributed by atoms with E-state index in [1.165, 1.54) is 0 Å². The van der Waals surface area contributed by atoms with Crippen molar-refractivity contribution in [3.05, 3.63) is 58.8 Å². The van der Waals surface area contributed by atoms with E-state index >= 15 is 0 Å². The predicted octanol–water partition coefficient (Wildman–Crippen LogP) is 4.60. The Morgan fingerprint density at radius 1 is 1.00 bits per heavy atom. The Labute approximate surface area is 153 Å². The Kier molecular flexibility index (Phi) is 5.16. The third kappa shape index (κ3) is 3.67. The highest BCUT2D eigenvalue weighted by Gasteiger charge is 2.19. The smallest absolute Gasteiger partial charge is 0.279 e. The summed E-state index contributed by atoms with van der Waals surface area (Å²) >= 11 is 0. The molecule has 0 saturated heterocycles. The molecule has 0 fully saturated rings. The van der Waals surface area contributed by atoms with Gasteiger partial charge in [-0.2, -0.15) is 0 Å². The number of carbonyl (C=O) groups is 1. The first-order chi connectivity index (χ1) is 12.5. The summed E-state index contributed by atoms with van der Waals surface area (Å²) < 4.78 is 5.72. The van der Waals surface area contributed by atoms with Gasteiger partial charge in [0, 0.05) is 5.69 Å². The minimum atomic E-state index is -0.321. The van der Waals surface area contributed by atoms with E-state index in [-0.39, 0.29) is 17.5 Å². The van der Waals surface area contributed by atoms with Crippen molar-refractivity contribution in [1.82, 2.24) is 9.97 Å². The lowest BCUT2D eigenvalue weighted by Gasteiger charge is -2.13. The zero-order chi connectivity index (χ0) is 18.7. The molecule has 0 spiro atoms. The van der Waals surface area contributed by atoms with Crippen molar-refractivity contribution in [2.75, 3.05) is 11.9 Å². The highest BCUT2D eigenvalue weighted by Crippen LogP contribution is 2.24. The monoisotopic (exact) mass is 349 g/mol. The van der Waals surface area contributed by atoms with Gasteiger partial charge in [0.1, 0.15) is 0 Å². The van der Waals surface area contributed by atoms with E-state index in [4.69, 9.17) is 4.74 Å². The van der Waals surface area contributed by atoms with E-state index in [2.05, 4.69) is 15.3 Å². The second-order valence-corrected chi connectivity index (χ2v) is 6.42. The van der Waals surface area contributed by atoms with Gasteiger partial charge in [0.05, 0.1) is 17.6 Å². The third-order valence-corrected chi connectivity index (χ3v) is 4.30. The normalized spacial score (nSPS) is 10.8. The van der Waals surface area contributed by atoms with Crippen molar-refractivity contribution < 1.29 is 9.53 Å². The molecule has 0 aliphatic carbocycles. The van der Waals surface area contributed by atoms with Gasteiger partial charge in [-0.1, -0.05) is 25.1 Å². The SMILES string of the molecule is CCCOc1nc2cc(C)c(C)cc2nc1C(=O)Nc1ccccc1C.